The minimum Gasteiger partial charge on any atom is -0.398 e. The van der Waals surface area contributed by atoms with E-state index in [0.29, 0.717) is 12.2 Å². The summed E-state index contributed by atoms with van der Waals surface area (Å²) in [5.41, 5.74) is 5.80. The summed E-state index contributed by atoms with van der Waals surface area (Å²) in [6.07, 6.45) is 3.21. The Labute approximate surface area is 120 Å². The molecule has 0 spiro atoms. The molecule has 1 amide bonds. The molecule has 106 valence electrons. The highest BCUT2D eigenvalue weighted by Gasteiger charge is 2.10. The van der Waals surface area contributed by atoms with Crippen molar-refractivity contribution in [3.05, 3.63) is 45.3 Å². The summed E-state index contributed by atoms with van der Waals surface area (Å²) in [6, 6.07) is 2.86. The fraction of sp³-hybridized carbons (Fsp3) is 0.308. The van der Waals surface area contributed by atoms with Crippen LogP contribution in [0.4, 0.5) is 5.69 Å². The predicted octanol–water partition coefficient (Wildman–Crippen LogP) is 0.807. The lowest BCUT2D eigenvalue weighted by Crippen LogP contribution is -2.33. The maximum Gasteiger partial charge on any atom is 0.251 e. The van der Waals surface area contributed by atoms with Crippen molar-refractivity contribution >= 4 is 22.9 Å². The fourth-order valence-electron chi connectivity index (χ4n) is 1.72. The number of nitrogen functional groups attached to an aromatic ring is 1. The Kier molecular flexibility index (Phi) is 4.52. The smallest absolute Gasteiger partial charge is 0.251 e. The van der Waals surface area contributed by atoms with Gasteiger partial charge in [0.1, 0.15) is 6.54 Å². The van der Waals surface area contributed by atoms with Crippen LogP contribution >= 0.6 is 11.3 Å². The van der Waals surface area contributed by atoms with Crippen LogP contribution in [0.5, 0.6) is 0 Å². The van der Waals surface area contributed by atoms with Crippen LogP contribution in [-0.2, 0) is 11.3 Å². The predicted molar refractivity (Wildman–Crippen MR) is 78.7 cm³/mol. The molecule has 7 heteroatoms. The van der Waals surface area contributed by atoms with E-state index in [9.17, 15) is 9.59 Å². The van der Waals surface area contributed by atoms with Crippen LogP contribution in [-0.4, -0.2) is 22.0 Å². The van der Waals surface area contributed by atoms with Crippen molar-refractivity contribution in [2.45, 2.75) is 19.4 Å². The van der Waals surface area contributed by atoms with Gasteiger partial charge in [-0.25, -0.2) is 4.98 Å². The van der Waals surface area contributed by atoms with E-state index in [1.807, 2.05) is 12.3 Å². The van der Waals surface area contributed by atoms with Crippen LogP contribution < -0.4 is 16.6 Å². The molecule has 2 rings (SSSR count). The lowest BCUT2D eigenvalue weighted by atomic mass is 10.2. The Morgan fingerprint density at radius 2 is 2.35 bits per heavy atom. The maximum atomic E-state index is 11.8. The number of carbonyl (C=O) groups is 1. The third-order valence-corrected chi connectivity index (χ3v) is 3.81. The number of amides is 1. The van der Waals surface area contributed by atoms with E-state index in [2.05, 4.69) is 10.3 Å². The normalized spacial score (nSPS) is 12.1. The van der Waals surface area contributed by atoms with Crippen molar-refractivity contribution in [3.63, 3.8) is 0 Å². The lowest BCUT2D eigenvalue weighted by Gasteiger charge is -2.11. The standard InChI is InChI=1S/C13H16N4O2S/c1-9(13-15-4-5-20-13)6-16-11(18)8-17-7-10(14)2-3-12(17)19/h2-5,7,9H,6,8,14H2,1H3,(H,16,18). The number of carbonyl (C=O) groups excluding carboxylic acids is 1. The van der Waals surface area contributed by atoms with Crippen molar-refractivity contribution in [1.29, 1.82) is 0 Å². The van der Waals surface area contributed by atoms with E-state index in [-0.39, 0.29) is 23.9 Å². The molecule has 0 fully saturated rings. The number of nitrogens with zero attached hydrogens (tertiary/aromatic N) is 2. The Hall–Kier alpha value is -2.15. The molecule has 0 aliphatic carbocycles. The highest BCUT2D eigenvalue weighted by atomic mass is 32.1. The third-order valence-electron chi connectivity index (χ3n) is 2.80. The quantitative estimate of drug-likeness (QED) is 0.853. The second kappa shape index (κ2) is 6.33. The fourth-order valence-corrected chi connectivity index (χ4v) is 2.41. The molecule has 0 radical (unpaired) electrons. The molecule has 20 heavy (non-hydrogen) atoms. The minimum atomic E-state index is -0.248. The summed E-state index contributed by atoms with van der Waals surface area (Å²) in [6.45, 7) is 2.45. The zero-order chi connectivity index (χ0) is 14.5. The first-order valence-corrected chi connectivity index (χ1v) is 7.06. The van der Waals surface area contributed by atoms with Crippen molar-refractivity contribution in [1.82, 2.24) is 14.9 Å². The average molecular weight is 292 g/mol. The first-order valence-electron chi connectivity index (χ1n) is 6.18. The van der Waals surface area contributed by atoms with Crippen LogP contribution in [0.25, 0.3) is 0 Å². The molecule has 0 saturated carbocycles. The Morgan fingerprint density at radius 1 is 1.55 bits per heavy atom. The topological polar surface area (TPSA) is 90.0 Å². The number of anilines is 1. The zero-order valence-corrected chi connectivity index (χ0v) is 11.9. The van der Waals surface area contributed by atoms with E-state index in [1.54, 1.807) is 17.5 Å². The number of aromatic nitrogens is 2. The highest BCUT2D eigenvalue weighted by Crippen LogP contribution is 2.16. The molecule has 2 aromatic heterocycles. The number of hydrogen-bond donors (Lipinski definition) is 2. The van der Waals surface area contributed by atoms with Crippen LogP contribution in [0.1, 0.15) is 17.8 Å². The summed E-state index contributed by atoms with van der Waals surface area (Å²) < 4.78 is 1.29. The van der Waals surface area contributed by atoms with Gasteiger partial charge in [0.05, 0.1) is 5.01 Å². The first-order chi connectivity index (χ1) is 9.56. The average Bonchev–Trinajstić information content (AvgIpc) is 2.94. The van der Waals surface area contributed by atoms with Gasteiger partial charge in [-0.2, -0.15) is 0 Å². The summed E-state index contributed by atoms with van der Waals surface area (Å²) in [7, 11) is 0. The van der Waals surface area contributed by atoms with Gasteiger partial charge in [-0.05, 0) is 6.07 Å². The molecule has 2 aromatic rings. The third kappa shape index (κ3) is 3.67. The van der Waals surface area contributed by atoms with Crippen molar-refractivity contribution < 1.29 is 4.79 Å². The lowest BCUT2D eigenvalue weighted by molar-refractivity contribution is -0.121. The van der Waals surface area contributed by atoms with E-state index >= 15 is 0 Å². The van der Waals surface area contributed by atoms with Gasteiger partial charge in [0.25, 0.3) is 5.56 Å². The molecule has 1 atom stereocenters. The van der Waals surface area contributed by atoms with E-state index in [0.717, 1.165) is 5.01 Å². The zero-order valence-electron chi connectivity index (χ0n) is 11.1. The van der Waals surface area contributed by atoms with Crippen LogP contribution in [0.15, 0.2) is 34.7 Å². The number of nitrogens with two attached hydrogens (primary N) is 1. The van der Waals surface area contributed by atoms with Crippen molar-refractivity contribution in [3.8, 4) is 0 Å². The van der Waals surface area contributed by atoms with Crippen molar-refractivity contribution in [2.75, 3.05) is 12.3 Å². The summed E-state index contributed by atoms with van der Waals surface area (Å²) >= 11 is 1.56. The summed E-state index contributed by atoms with van der Waals surface area (Å²) in [5, 5.41) is 5.67. The molecular weight excluding hydrogens is 276 g/mol. The molecular formula is C13H16N4O2S. The Bertz CT molecular complexity index is 636. The van der Waals surface area contributed by atoms with Gasteiger partial charge >= 0.3 is 0 Å². The molecule has 6 nitrogen and oxygen atoms in total. The van der Waals surface area contributed by atoms with Crippen LogP contribution in [0.2, 0.25) is 0 Å². The SMILES string of the molecule is CC(CNC(=O)Cn1cc(N)ccc1=O)c1nccs1. The molecule has 0 aromatic carbocycles. The van der Waals surface area contributed by atoms with Gasteiger partial charge in [-0.3, -0.25) is 9.59 Å². The number of pyridine rings is 1. The Balaban J connectivity index is 1.90. The summed E-state index contributed by atoms with van der Waals surface area (Å²) in [5.74, 6) is -0.0716. The van der Waals surface area contributed by atoms with E-state index in [4.69, 9.17) is 5.73 Å². The van der Waals surface area contributed by atoms with Gasteiger partial charge in [-0.15, -0.1) is 11.3 Å². The van der Waals surface area contributed by atoms with Gasteiger partial charge < -0.3 is 15.6 Å². The monoisotopic (exact) mass is 292 g/mol. The van der Waals surface area contributed by atoms with Crippen molar-refractivity contribution in [2.24, 2.45) is 0 Å². The number of thiazole rings is 1. The molecule has 0 saturated heterocycles. The Morgan fingerprint density at radius 3 is 3.05 bits per heavy atom. The number of rotatable bonds is 5. The van der Waals surface area contributed by atoms with E-state index in [1.165, 1.54) is 22.9 Å². The van der Waals surface area contributed by atoms with Crippen LogP contribution in [0, 0.1) is 0 Å². The second-order valence-corrected chi connectivity index (χ2v) is 5.43. The van der Waals surface area contributed by atoms with Gasteiger partial charge in [-0.1, -0.05) is 6.92 Å². The first kappa shape index (κ1) is 14.3. The molecule has 2 heterocycles. The summed E-state index contributed by atoms with van der Waals surface area (Å²) in [4.78, 5) is 27.6. The molecule has 0 bridgehead atoms. The van der Waals surface area contributed by atoms with Crippen LogP contribution in [0.3, 0.4) is 0 Å². The van der Waals surface area contributed by atoms with Gasteiger partial charge in [0, 0.05) is 42.0 Å². The largest absolute Gasteiger partial charge is 0.398 e. The second-order valence-electron chi connectivity index (χ2n) is 4.50. The van der Waals surface area contributed by atoms with Gasteiger partial charge in [0.2, 0.25) is 5.91 Å². The molecule has 3 N–H and O–H groups in total. The number of nitrogens with one attached hydrogen (secondary N) is 1. The van der Waals surface area contributed by atoms with Gasteiger partial charge in [0.15, 0.2) is 0 Å². The number of hydrogen-bond acceptors (Lipinski definition) is 5. The maximum absolute atomic E-state index is 11.8. The molecule has 1 unspecified atom stereocenters. The highest BCUT2D eigenvalue weighted by molar-refractivity contribution is 7.09. The van der Waals surface area contributed by atoms with E-state index < -0.39 is 0 Å². The minimum absolute atomic E-state index is 0.0333. The molecule has 0 aliphatic heterocycles. The molecule has 0 aliphatic rings.